The van der Waals surface area contributed by atoms with Gasteiger partial charge in [0, 0.05) is 37.4 Å². The third kappa shape index (κ3) is 5.15. The fourth-order valence-corrected chi connectivity index (χ4v) is 4.62. The maximum atomic E-state index is 4.83. The van der Waals surface area contributed by atoms with Crippen LogP contribution in [0.2, 0.25) is 0 Å². The van der Waals surface area contributed by atoms with E-state index in [2.05, 4.69) is 57.8 Å². The largest absolute Gasteiger partial charge is 0.367 e. The molecule has 0 bridgehead atoms. The molecule has 0 radical (unpaired) electrons. The first-order valence-corrected chi connectivity index (χ1v) is 11.8. The van der Waals surface area contributed by atoms with E-state index in [9.17, 15) is 0 Å². The Morgan fingerprint density at radius 1 is 1.06 bits per heavy atom. The normalized spacial score (nSPS) is 15.2. The molecule has 0 aliphatic heterocycles. The molecule has 0 unspecified atom stereocenters. The van der Waals surface area contributed by atoms with Crippen LogP contribution in [0.25, 0.3) is 11.2 Å². The first kappa shape index (κ1) is 22.4. The van der Waals surface area contributed by atoms with Gasteiger partial charge in [0.15, 0.2) is 17.0 Å². The van der Waals surface area contributed by atoms with E-state index in [0.717, 1.165) is 30.1 Å². The molecule has 4 rings (SSSR count). The van der Waals surface area contributed by atoms with E-state index in [0.29, 0.717) is 29.9 Å². The van der Waals surface area contributed by atoms with Gasteiger partial charge in [0.25, 0.3) is 0 Å². The van der Waals surface area contributed by atoms with Crippen LogP contribution < -0.4 is 10.6 Å². The van der Waals surface area contributed by atoms with Gasteiger partial charge in [-0.15, -0.1) is 0 Å². The minimum atomic E-state index is 0.445. The Balaban J connectivity index is 1.62. The van der Waals surface area contributed by atoms with Crippen LogP contribution >= 0.6 is 0 Å². The van der Waals surface area contributed by atoms with Crippen molar-refractivity contribution in [3.05, 3.63) is 24.9 Å². The van der Waals surface area contributed by atoms with Crippen LogP contribution in [-0.2, 0) is 0 Å². The summed E-state index contributed by atoms with van der Waals surface area (Å²) in [5, 5.41) is 6.76. The molecular weight excluding hydrogens is 402 g/mol. The minimum Gasteiger partial charge on any atom is -0.367 e. The number of nitrogens with one attached hydrogen (secondary N) is 2. The van der Waals surface area contributed by atoms with Crippen LogP contribution in [0.3, 0.4) is 0 Å². The first-order chi connectivity index (χ1) is 15.5. The average molecular weight is 438 g/mol. The molecule has 0 atom stereocenters. The van der Waals surface area contributed by atoms with E-state index >= 15 is 0 Å². The summed E-state index contributed by atoms with van der Waals surface area (Å²) < 4.78 is 2.24. The molecular formula is C23H35N9. The Morgan fingerprint density at radius 2 is 1.84 bits per heavy atom. The predicted molar refractivity (Wildman–Crippen MR) is 128 cm³/mol. The number of imidazole rings is 1. The lowest BCUT2D eigenvalue weighted by molar-refractivity contribution is 0.182. The Hall–Kier alpha value is -2.81. The second kappa shape index (κ2) is 10.2. The van der Waals surface area contributed by atoms with E-state index in [1.807, 2.05) is 12.4 Å². The zero-order chi connectivity index (χ0) is 22.5. The zero-order valence-corrected chi connectivity index (χ0v) is 19.6. The highest BCUT2D eigenvalue weighted by Crippen LogP contribution is 2.32. The molecule has 1 fully saturated rings. The number of hydrogen-bond acceptors (Lipinski definition) is 8. The first-order valence-electron chi connectivity index (χ1n) is 11.8. The van der Waals surface area contributed by atoms with Gasteiger partial charge in [0.1, 0.15) is 12.1 Å². The fourth-order valence-electron chi connectivity index (χ4n) is 4.62. The minimum absolute atomic E-state index is 0.445. The number of nitrogens with zero attached hydrogens (tertiary/aromatic N) is 7. The lowest BCUT2D eigenvalue weighted by Gasteiger charge is -2.30. The molecule has 1 saturated carbocycles. The molecule has 0 spiro atoms. The summed E-state index contributed by atoms with van der Waals surface area (Å²) in [5.74, 6) is 1.94. The smallest absolute Gasteiger partial charge is 0.232 e. The van der Waals surface area contributed by atoms with Crippen molar-refractivity contribution in [1.29, 1.82) is 0 Å². The molecule has 3 aromatic heterocycles. The van der Waals surface area contributed by atoms with Gasteiger partial charge in [0.2, 0.25) is 5.95 Å². The lowest BCUT2D eigenvalue weighted by Crippen LogP contribution is -2.40. The van der Waals surface area contributed by atoms with Crippen molar-refractivity contribution in [1.82, 2.24) is 34.4 Å². The Kier molecular flexibility index (Phi) is 7.14. The van der Waals surface area contributed by atoms with Crippen LogP contribution in [0.4, 0.5) is 17.6 Å². The average Bonchev–Trinajstić information content (AvgIpc) is 3.21. The lowest BCUT2D eigenvalue weighted by atomic mass is 9.95. The second-order valence-electron chi connectivity index (χ2n) is 9.08. The number of rotatable bonds is 9. The summed E-state index contributed by atoms with van der Waals surface area (Å²) in [5.41, 5.74) is 1.69. The highest BCUT2D eigenvalue weighted by Gasteiger charge is 2.21. The van der Waals surface area contributed by atoms with E-state index in [1.165, 1.54) is 38.4 Å². The van der Waals surface area contributed by atoms with Gasteiger partial charge in [-0.25, -0.2) is 15.0 Å². The Labute approximate surface area is 190 Å². The quantitative estimate of drug-likeness (QED) is 0.509. The highest BCUT2D eigenvalue weighted by atomic mass is 15.2. The number of hydrogen-bond donors (Lipinski definition) is 2. The molecule has 0 saturated heterocycles. The van der Waals surface area contributed by atoms with E-state index in [4.69, 9.17) is 15.0 Å². The maximum absolute atomic E-state index is 4.83. The van der Waals surface area contributed by atoms with Crippen LogP contribution in [0, 0.1) is 0 Å². The summed E-state index contributed by atoms with van der Waals surface area (Å²) in [7, 11) is 0. The number of aromatic nitrogens is 6. The molecule has 1 aliphatic rings. The highest BCUT2D eigenvalue weighted by molar-refractivity contribution is 5.84. The molecule has 9 nitrogen and oxygen atoms in total. The molecule has 172 valence electrons. The molecule has 0 amide bonds. The number of fused-ring (bicyclic) bond motifs is 1. The molecule has 0 aromatic carbocycles. The van der Waals surface area contributed by atoms with Gasteiger partial charge in [0.05, 0.1) is 6.33 Å². The molecule has 3 heterocycles. The monoisotopic (exact) mass is 437 g/mol. The maximum Gasteiger partial charge on any atom is 0.232 e. The Morgan fingerprint density at radius 3 is 2.53 bits per heavy atom. The molecule has 1 aliphatic carbocycles. The van der Waals surface area contributed by atoms with Crippen LogP contribution in [0.1, 0.15) is 65.8 Å². The van der Waals surface area contributed by atoms with E-state index < -0.39 is 0 Å². The molecule has 3 aromatic rings. The van der Waals surface area contributed by atoms with Crippen molar-refractivity contribution in [2.75, 3.05) is 23.7 Å². The number of anilines is 3. The van der Waals surface area contributed by atoms with E-state index in [-0.39, 0.29) is 0 Å². The van der Waals surface area contributed by atoms with Gasteiger partial charge < -0.3 is 15.2 Å². The summed E-state index contributed by atoms with van der Waals surface area (Å²) >= 11 is 0. The van der Waals surface area contributed by atoms with E-state index in [1.54, 1.807) is 6.20 Å². The van der Waals surface area contributed by atoms with Crippen LogP contribution in [0.5, 0.6) is 0 Å². The van der Waals surface area contributed by atoms with Crippen molar-refractivity contribution in [3.63, 3.8) is 0 Å². The standard InChI is InChI=1S/C23H35N9/c1-16(2)31(17(3)4)13-12-25-21-20-22(32(15-27-20)18-8-6-5-7-9-18)30-23(29-21)28-19-10-11-24-14-26-19/h10-11,14-18H,5-9,12-13H2,1-4H3,(H2,24,25,26,28,29,30). The van der Waals surface area contributed by atoms with Gasteiger partial charge in [-0.2, -0.15) is 9.97 Å². The molecule has 9 heteroatoms. The van der Waals surface area contributed by atoms with Gasteiger partial charge >= 0.3 is 0 Å². The van der Waals surface area contributed by atoms with Crippen LogP contribution in [-0.4, -0.2) is 59.6 Å². The third-order valence-electron chi connectivity index (χ3n) is 6.20. The fraction of sp³-hybridized carbons (Fsp3) is 0.609. The second-order valence-corrected chi connectivity index (χ2v) is 9.08. The summed E-state index contributed by atoms with van der Waals surface area (Å²) in [6, 6.07) is 3.23. The van der Waals surface area contributed by atoms with Crippen LogP contribution in [0.15, 0.2) is 24.9 Å². The van der Waals surface area contributed by atoms with Crippen molar-refractivity contribution >= 4 is 28.7 Å². The van der Waals surface area contributed by atoms with Gasteiger partial charge in [-0.1, -0.05) is 19.3 Å². The molecule has 2 N–H and O–H groups in total. The van der Waals surface area contributed by atoms with Crippen molar-refractivity contribution in [2.45, 2.75) is 77.9 Å². The van der Waals surface area contributed by atoms with Crippen molar-refractivity contribution in [3.8, 4) is 0 Å². The van der Waals surface area contributed by atoms with Crippen molar-refractivity contribution < 1.29 is 0 Å². The van der Waals surface area contributed by atoms with Gasteiger partial charge in [-0.05, 0) is 46.6 Å². The zero-order valence-electron chi connectivity index (χ0n) is 19.6. The Bertz CT molecular complexity index is 985. The topological polar surface area (TPSA) is 96.7 Å². The summed E-state index contributed by atoms with van der Waals surface area (Å²) in [6.45, 7) is 10.7. The third-order valence-corrected chi connectivity index (χ3v) is 6.20. The molecule has 32 heavy (non-hydrogen) atoms. The van der Waals surface area contributed by atoms with Crippen molar-refractivity contribution in [2.24, 2.45) is 0 Å². The predicted octanol–water partition coefficient (Wildman–Crippen LogP) is 4.40. The summed E-state index contributed by atoms with van der Waals surface area (Å²) in [6.07, 6.45) is 11.3. The SMILES string of the molecule is CC(C)N(CCNc1nc(Nc2ccncn2)nc2c1ncn2C1CCCCC1)C(C)C. The summed E-state index contributed by atoms with van der Waals surface area (Å²) in [4.78, 5) is 25.0. The van der Waals surface area contributed by atoms with Gasteiger partial charge in [-0.3, -0.25) is 4.90 Å².